The van der Waals surface area contributed by atoms with Gasteiger partial charge >= 0.3 is 0 Å². The van der Waals surface area contributed by atoms with Crippen molar-refractivity contribution in [1.29, 1.82) is 0 Å². The third-order valence-electron chi connectivity index (χ3n) is 1.73. The molecule has 1 amide bonds. The van der Waals surface area contributed by atoms with Crippen LogP contribution in [0.15, 0.2) is 24.3 Å². The van der Waals surface area contributed by atoms with Gasteiger partial charge in [-0.1, -0.05) is 12.1 Å². The molecule has 1 N–H and O–H groups in total. The molecule has 0 aromatic heterocycles. The molecule has 0 unspecified atom stereocenters. The normalized spacial score (nSPS) is 9.21. The lowest BCUT2D eigenvalue weighted by atomic mass is 10.2. The number of hydrogen-bond acceptors (Lipinski definition) is 3. The van der Waals surface area contributed by atoms with E-state index in [1.807, 2.05) is 12.1 Å². The van der Waals surface area contributed by atoms with Crippen LogP contribution in [-0.2, 0) is 16.1 Å². The summed E-state index contributed by atoms with van der Waals surface area (Å²) in [6, 6.07) is 7.23. The fourth-order valence-electron chi connectivity index (χ4n) is 0.974. The summed E-state index contributed by atoms with van der Waals surface area (Å²) in [4.78, 5) is 20.6. The van der Waals surface area contributed by atoms with Crippen molar-refractivity contribution in [2.75, 3.05) is 7.11 Å². The third kappa shape index (κ3) is 2.90. The number of methoxy groups -OCH3 is 1. The molecule has 0 aliphatic rings. The molecule has 0 aliphatic heterocycles. The van der Waals surface area contributed by atoms with E-state index < -0.39 is 5.91 Å². The first-order valence-electron chi connectivity index (χ1n) is 4.12. The molecule has 0 spiro atoms. The molecule has 14 heavy (non-hydrogen) atoms. The molecule has 4 nitrogen and oxygen atoms in total. The second-order valence-corrected chi connectivity index (χ2v) is 2.68. The number of aldehydes is 1. The monoisotopic (exact) mass is 193 g/mol. The fraction of sp³-hybridized carbons (Fsp3) is 0.200. The summed E-state index contributed by atoms with van der Waals surface area (Å²) in [5.74, 6) is 0.149. The maximum atomic E-state index is 10.6. The number of hydrogen-bond donors (Lipinski definition) is 1. The number of carbonyl (C=O) groups is 2. The Morgan fingerprint density at radius 3 is 2.57 bits per heavy atom. The largest absolute Gasteiger partial charge is 0.497 e. The van der Waals surface area contributed by atoms with Gasteiger partial charge in [0.1, 0.15) is 5.75 Å². The van der Waals surface area contributed by atoms with Crippen molar-refractivity contribution in [2.24, 2.45) is 0 Å². The molecule has 4 heteroatoms. The van der Waals surface area contributed by atoms with Crippen LogP contribution < -0.4 is 10.1 Å². The van der Waals surface area contributed by atoms with Gasteiger partial charge in [-0.05, 0) is 17.7 Å². The predicted octanol–water partition coefficient (Wildman–Crippen LogP) is 0.510. The minimum absolute atomic E-state index is 0.253. The van der Waals surface area contributed by atoms with Crippen molar-refractivity contribution in [2.45, 2.75) is 6.54 Å². The Balaban J connectivity index is 2.51. The van der Waals surface area contributed by atoms with E-state index in [-0.39, 0.29) is 6.29 Å². The van der Waals surface area contributed by atoms with E-state index in [0.29, 0.717) is 6.54 Å². The zero-order chi connectivity index (χ0) is 10.4. The van der Waals surface area contributed by atoms with Gasteiger partial charge in [0.05, 0.1) is 7.11 Å². The van der Waals surface area contributed by atoms with Crippen LogP contribution in [0, 0.1) is 0 Å². The Morgan fingerprint density at radius 2 is 2.07 bits per heavy atom. The molecule has 0 radical (unpaired) electrons. The first-order chi connectivity index (χ1) is 6.76. The van der Waals surface area contributed by atoms with Crippen LogP contribution in [0.4, 0.5) is 0 Å². The average Bonchev–Trinajstić information content (AvgIpc) is 2.26. The van der Waals surface area contributed by atoms with Crippen LogP contribution in [0.5, 0.6) is 5.75 Å². The van der Waals surface area contributed by atoms with Gasteiger partial charge in [-0.3, -0.25) is 9.59 Å². The highest BCUT2D eigenvalue weighted by molar-refractivity contribution is 6.23. The van der Waals surface area contributed by atoms with Gasteiger partial charge in [-0.2, -0.15) is 0 Å². The van der Waals surface area contributed by atoms with Gasteiger partial charge in [0.2, 0.25) is 6.29 Å². The molecule has 0 fully saturated rings. The van der Waals surface area contributed by atoms with E-state index in [1.54, 1.807) is 19.2 Å². The summed E-state index contributed by atoms with van der Waals surface area (Å²) in [6.07, 6.45) is 0.253. The third-order valence-corrected chi connectivity index (χ3v) is 1.73. The Hall–Kier alpha value is -1.84. The molecular formula is C10H11NO3. The number of ether oxygens (including phenoxy) is 1. The van der Waals surface area contributed by atoms with Crippen molar-refractivity contribution < 1.29 is 14.3 Å². The highest BCUT2D eigenvalue weighted by Crippen LogP contribution is 2.10. The van der Waals surface area contributed by atoms with E-state index in [0.717, 1.165) is 11.3 Å². The lowest BCUT2D eigenvalue weighted by Gasteiger charge is -2.03. The second-order valence-electron chi connectivity index (χ2n) is 2.68. The summed E-state index contributed by atoms with van der Waals surface area (Å²) < 4.78 is 4.97. The SMILES string of the molecule is COc1ccc(CNC(=O)C=O)cc1. The van der Waals surface area contributed by atoms with Crippen LogP contribution in [0.1, 0.15) is 5.56 Å². The number of carbonyl (C=O) groups excluding carboxylic acids is 2. The smallest absolute Gasteiger partial charge is 0.284 e. The molecule has 1 rings (SSSR count). The standard InChI is InChI=1S/C10H11NO3/c1-14-9-4-2-8(3-5-9)6-11-10(13)7-12/h2-5,7H,6H2,1H3,(H,11,13). The van der Waals surface area contributed by atoms with Crippen LogP contribution in [0.25, 0.3) is 0 Å². The average molecular weight is 193 g/mol. The number of nitrogens with one attached hydrogen (secondary N) is 1. The summed E-state index contributed by atoms with van der Waals surface area (Å²) in [5, 5.41) is 2.44. The van der Waals surface area contributed by atoms with Gasteiger partial charge in [-0.15, -0.1) is 0 Å². The van der Waals surface area contributed by atoms with E-state index in [9.17, 15) is 9.59 Å². The Labute approximate surface area is 81.9 Å². The van der Waals surface area contributed by atoms with E-state index in [2.05, 4.69) is 5.32 Å². The van der Waals surface area contributed by atoms with Gasteiger partial charge < -0.3 is 10.1 Å². The van der Waals surface area contributed by atoms with Gasteiger partial charge in [0.15, 0.2) is 0 Å². The Bertz CT molecular complexity index is 319. The topological polar surface area (TPSA) is 55.4 Å². The molecule has 74 valence electrons. The highest BCUT2D eigenvalue weighted by Gasteiger charge is 1.98. The summed E-state index contributed by atoms with van der Waals surface area (Å²) >= 11 is 0. The minimum atomic E-state index is -0.610. The van der Waals surface area contributed by atoms with E-state index in [1.165, 1.54) is 0 Å². The second kappa shape index (κ2) is 5.01. The van der Waals surface area contributed by atoms with Crippen LogP contribution in [0.3, 0.4) is 0 Å². The molecule has 0 saturated carbocycles. The van der Waals surface area contributed by atoms with Crippen molar-refractivity contribution in [3.63, 3.8) is 0 Å². The van der Waals surface area contributed by atoms with Gasteiger partial charge in [0, 0.05) is 6.54 Å². The Morgan fingerprint density at radius 1 is 1.43 bits per heavy atom. The first-order valence-corrected chi connectivity index (χ1v) is 4.12. The molecular weight excluding hydrogens is 182 g/mol. The molecule has 0 atom stereocenters. The summed E-state index contributed by atoms with van der Waals surface area (Å²) in [6.45, 7) is 0.349. The van der Waals surface area contributed by atoms with Crippen molar-refractivity contribution >= 4 is 12.2 Å². The maximum Gasteiger partial charge on any atom is 0.284 e. The van der Waals surface area contributed by atoms with Crippen LogP contribution >= 0.6 is 0 Å². The number of amides is 1. The van der Waals surface area contributed by atoms with E-state index in [4.69, 9.17) is 4.74 Å². The maximum absolute atomic E-state index is 10.6. The molecule has 0 bridgehead atoms. The van der Waals surface area contributed by atoms with Crippen molar-refractivity contribution in [3.05, 3.63) is 29.8 Å². The van der Waals surface area contributed by atoms with Gasteiger partial charge in [0.25, 0.3) is 5.91 Å². The highest BCUT2D eigenvalue weighted by atomic mass is 16.5. The van der Waals surface area contributed by atoms with Crippen LogP contribution in [-0.4, -0.2) is 19.3 Å². The number of rotatable bonds is 4. The molecule has 1 aromatic carbocycles. The molecule has 0 saturated heterocycles. The Kier molecular flexibility index (Phi) is 3.67. The molecule has 0 heterocycles. The van der Waals surface area contributed by atoms with Crippen molar-refractivity contribution in [3.8, 4) is 5.75 Å². The lowest BCUT2D eigenvalue weighted by molar-refractivity contribution is -0.131. The van der Waals surface area contributed by atoms with Gasteiger partial charge in [-0.25, -0.2) is 0 Å². The minimum Gasteiger partial charge on any atom is -0.497 e. The zero-order valence-corrected chi connectivity index (χ0v) is 7.82. The first kappa shape index (κ1) is 10.2. The van der Waals surface area contributed by atoms with Crippen molar-refractivity contribution in [1.82, 2.24) is 5.32 Å². The number of benzene rings is 1. The summed E-state index contributed by atoms with van der Waals surface area (Å²) in [7, 11) is 1.59. The zero-order valence-electron chi connectivity index (χ0n) is 7.82. The quantitative estimate of drug-likeness (QED) is 0.560. The lowest BCUT2D eigenvalue weighted by Crippen LogP contribution is -2.23. The predicted molar refractivity (Wildman–Crippen MR) is 50.9 cm³/mol. The van der Waals surface area contributed by atoms with Crippen LogP contribution in [0.2, 0.25) is 0 Å². The molecule has 0 aliphatic carbocycles. The molecule has 1 aromatic rings. The fourth-order valence-corrected chi connectivity index (χ4v) is 0.974. The summed E-state index contributed by atoms with van der Waals surface area (Å²) in [5.41, 5.74) is 0.918. The van der Waals surface area contributed by atoms with E-state index >= 15 is 0 Å².